The molecule has 0 saturated carbocycles. The molecule has 0 N–H and O–H groups in total. The first-order valence-electron chi connectivity index (χ1n) is 18.0. The number of aromatic nitrogens is 1. The number of para-hydroxylation sites is 1. The van der Waals surface area contributed by atoms with Crippen molar-refractivity contribution >= 4 is 68.5 Å². The predicted molar refractivity (Wildman–Crippen MR) is 213 cm³/mol. The Kier molecular flexibility index (Phi) is 7.05. The molecule has 0 spiro atoms. The van der Waals surface area contributed by atoms with E-state index in [0.717, 1.165) is 44.0 Å². The van der Waals surface area contributed by atoms with Crippen molar-refractivity contribution in [1.82, 2.24) is 4.57 Å². The Hall–Kier alpha value is -4.39. The summed E-state index contributed by atoms with van der Waals surface area (Å²) in [6.07, 6.45) is 0. The molecule has 0 aliphatic carbocycles. The summed E-state index contributed by atoms with van der Waals surface area (Å²) in [5.41, 5.74) is 6.04. The summed E-state index contributed by atoms with van der Waals surface area (Å²) in [5.74, 6) is 0. The monoisotopic (exact) mass is 671 g/mol. The van der Waals surface area contributed by atoms with Crippen molar-refractivity contribution in [2.75, 3.05) is 0 Å². The molecule has 2 fully saturated rings. The molecule has 0 bridgehead atoms. The van der Waals surface area contributed by atoms with Crippen molar-refractivity contribution < 1.29 is 18.6 Å². The summed E-state index contributed by atoms with van der Waals surface area (Å²) in [4.78, 5) is 0. The molecule has 7 heteroatoms. The molecule has 0 radical (unpaired) electrons. The van der Waals surface area contributed by atoms with Gasteiger partial charge in [0.25, 0.3) is 0 Å². The molecular weight excluding hydrogens is 628 g/mol. The number of fused-ring (bicyclic) bond motifs is 6. The minimum atomic E-state index is -0.490. The van der Waals surface area contributed by atoms with Crippen molar-refractivity contribution in [1.29, 1.82) is 0 Å². The van der Waals surface area contributed by atoms with E-state index < -0.39 is 36.6 Å². The van der Waals surface area contributed by atoms with Gasteiger partial charge < -0.3 is 23.2 Å². The number of hydrogen-bond donors (Lipinski definition) is 0. The Morgan fingerprint density at radius 3 is 1.55 bits per heavy atom. The lowest BCUT2D eigenvalue weighted by Crippen LogP contribution is -2.41. The molecule has 0 amide bonds. The maximum absolute atomic E-state index is 6.66. The summed E-state index contributed by atoms with van der Waals surface area (Å²) in [6.45, 7) is 16.9. The van der Waals surface area contributed by atoms with Gasteiger partial charge in [0.05, 0.1) is 33.4 Å². The highest BCUT2D eigenvalue weighted by atomic mass is 16.7. The van der Waals surface area contributed by atoms with Crippen molar-refractivity contribution in [2.45, 2.75) is 77.8 Å². The Balaban J connectivity index is 1.28. The van der Waals surface area contributed by atoms with Crippen LogP contribution in [-0.4, -0.2) is 41.2 Å². The summed E-state index contributed by atoms with van der Waals surface area (Å²) >= 11 is 0. The van der Waals surface area contributed by atoms with Crippen LogP contribution in [0.5, 0.6) is 0 Å². The number of benzene rings is 6. The third kappa shape index (κ3) is 4.86. The lowest BCUT2D eigenvalue weighted by atomic mass is 9.75. The molecule has 0 atom stereocenters. The van der Waals surface area contributed by atoms with Crippen molar-refractivity contribution in [3.8, 4) is 16.8 Å². The van der Waals surface area contributed by atoms with E-state index in [1.807, 2.05) is 0 Å². The zero-order valence-electron chi connectivity index (χ0n) is 30.7. The zero-order valence-corrected chi connectivity index (χ0v) is 30.7. The molecule has 2 aliphatic rings. The van der Waals surface area contributed by atoms with Crippen LogP contribution in [0.15, 0.2) is 115 Å². The summed E-state index contributed by atoms with van der Waals surface area (Å²) in [7, 11) is -0.931. The molecule has 254 valence electrons. The number of nitrogens with zero attached hydrogens (tertiary/aromatic N) is 1. The van der Waals surface area contributed by atoms with Crippen LogP contribution in [0.4, 0.5) is 0 Å². The number of rotatable bonds is 4. The minimum absolute atomic E-state index is 0.417. The highest BCUT2D eigenvalue weighted by molar-refractivity contribution is 6.66. The van der Waals surface area contributed by atoms with Crippen LogP contribution in [-0.2, 0) is 18.6 Å². The topological polar surface area (TPSA) is 41.9 Å². The molecule has 5 nitrogen and oxygen atoms in total. The highest BCUT2D eigenvalue weighted by Crippen LogP contribution is 2.42. The van der Waals surface area contributed by atoms with E-state index in [1.165, 1.54) is 27.1 Å². The average Bonchev–Trinajstić information content (AvgIpc) is 3.63. The van der Waals surface area contributed by atoms with E-state index in [4.69, 9.17) is 18.6 Å². The summed E-state index contributed by atoms with van der Waals surface area (Å²) < 4.78 is 28.8. The first-order valence-corrected chi connectivity index (χ1v) is 18.0. The van der Waals surface area contributed by atoms with Gasteiger partial charge in [0.1, 0.15) is 0 Å². The van der Waals surface area contributed by atoms with Crippen molar-refractivity contribution in [2.24, 2.45) is 0 Å². The molecule has 0 unspecified atom stereocenters. The first kappa shape index (κ1) is 32.5. The van der Waals surface area contributed by atoms with Crippen molar-refractivity contribution in [3.63, 3.8) is 0 Å². The van der Waals surface area contributed by atoms with Gasteiger partial charge in [-0.15, -0.1) is 0 Å². The number of hydrogen-bond acceptors (Lipinski definition) is 4. The zero-order chi connectivity index (χ0) is 35.5. The van der Waals surface area contributed by atoms with Gasteiger partial charge in [-0.25, -0.2) is 0 Å². The van der Waals surface area contributed by atoms with Crippen LogP contribution < -0.4 is 10.9 Å². The lowest BCUT2D eigenvalue weighted by Gasteiger charge is -2.32. The van der Waals surface area contributed by atoms with Gasteiger partial charge >= 0.3 is 14.2 Å². The van der Waals surface area contributed by atoms with Crippen LogP contribution in [0.25, 0.3) is 60.2 Å². The van der Waals surface area contributed by atoms with Gasteiger partial charge in [-0.2, -0.15) is 0 Å². The second-order valence-corrected chi connectivity index (χ2v) is 16.2. The van der Waals surface area contributed by atoms with E-state index in [9.17, 15) is 0 Å². The van der Waals surface area contributed by atoms with Gasteiger partial charge in [0.2, 0.25) is 0 Å². The average molecular weight is 671 g/mol. The molecule has 6 aromatic carbocycles. The first-order chi connectivity index (χ1) is 24.3. The Bertz CT molecular complexity index is 2480. The Labute approximate surface area is 300 Å². The molecule has 3 heterocycles. The fourth-order valence-corrected chi connectivity index (χ4v) is 7.84. The predicted octanol–water partition coefficient (Wildman–Crippen LogP) is 9.36. The fraction of sp³-hybridized carbons (Fsp3) is 0.273. The molecule has 7 aromatic rings. The maximum Gasteiger partial charge on any atom is 0.495 e. The van der Waals surface area contributed by atoms with E-state index >= 15 is 0 Å². The Morgan fingerprint density at radius 2 is 0.941 bits per heavy atom. The molecule has 2 aliphatic heterocycles. The molecule has 2 saturated heterocycles. The largest absolute Gasteiger partial charge is 0.495 e. The molecule has 1 aromatic heterocycles. The maximum atomic E-state index is 6.66. The van der Waals surface area contributed by atoms with Gasteiger partial charge in [-0.3, -0.25) is 0 Å². The van der Waals surface area contributed by atoms with Crippen LogP contribution in [0.1, 0.15) is 55.4 Å². The Morgan fingerprint density at radius 1 is 0.431 bits per heavy atom. The van der Waals surface area contributed by atoms with Gasteiger partial charge in [-0.1, -0.05) is 91.0 Å². The van der Waals surface area contributed by atoms with E-state index in [-0.39, 0.29) is 0 Å². The van der Waals surface area contributed by atoms with Crippen LogP contribution >= 0.6 is 0 Å². The van der Waals surface area contributed by atoms with Crippen LogP contribution in [0.2, 0.25) is 0 Å². The van der Waals surface area contributed by atoms with Crippen molar-refractivity contribution in [3.05, 3.63) is 115 Å². The SMILES string of the molecule is CC1(C)OB(c2ccc(-c3ccc4c5c6ccccc6c(B6OC(C)(C)C(C)(C)O6)cc5n(-c5ccccc5)c4c3)c3ccccc23)OC1(C)C. The van der Waals surface area contributed by atoms with Crippen LogP contribution in [0.3, 0.4) is 0 Å². The second-order valence-electron chi connectivity index (χ2n) is 16.2. The highest BCUT2D eigenvalue weighted by Gasteiger charge is 2.53. The van der Waals surface area contributed by atoms with E-state index in [2.05, 4.69) is 175 Å². The third-order valence-corrected chi connectivity index (χ3v) is 12.1. The fourth-order valence-electron chi connectivity index (χ4n) is 7.84. The molecule has 51 heavy (non-hydrogen) atoms. The lowest BCUT2D eigenvalue weighted by molar-refractivity contribution is 0.00578. The van der Waals surface area contributed by atoms with Gasteiger partial charge in [0.15, 0.2) is 0 Å². The van der Waals surface area contributed by atoms with Crippen LogP contribution in [0, 0.1) is 0 Å². The smallest absolute Gasteiger partial charge is 0.399 e. The molecular formula is C44H43B2NO4. The van der Waals surface area contributed by atoms with Gasteiger partial charge in [-0.05, 0) is 123 Å². The summed E-state index contributed by atoms with van der Waals surface area (Å²) in [6, 6.07) is 41.5. The quantitative estimate of drug-likeness (QED) is 0.175. The third-order valence-electron chi connectivity index (χ3n) is 12.1. The van der Waals surface area contributed by atoms with E-state index in [0.29, 0.717) is 0 Å². The van der Waals surface area contributed by atoms with Gasteiger partial charge in [0, 0.05) is 16.5 Å². The molecule has 9 rings (SSSR count). The second kappa shape index (κ2) is 11.1. The minimum Gasteiger partial charge on any atom is -0.399 e. The van der Waals surface area contributed by atoms with E-state index in [1.54, 1.807) is 0 Å². The normalized spacial score (nSPS) is 19.2. The standard InChI is InChI=1S/C44H43B2NO4/c1-41(2)42(3,4)49-45(48-41)36-25-24-30(31-18-12-13-19-32(31)36)28-22-23-35-38(26-28)47(29-16-10-9-11-17-29)39-27-37(33-20-14-15-21-34(33)40(35)39)46-50-43(5,6)44(7,8)51-46/h9-27H,1-8H3. The summed E-state index contributed by atoms with van der Waals surface area (Å²) in [5, 5.41) is 7.05.